The molecule has 7 nitrogen and oxygen atoms in total. The van der Waals surface area contributed by atoms with Crippen molar-refractivity contribution < 1.29 is 19.1 Å². The van der Waals surface area contributed by atoms with Gasteiger partial charge in [0.05, 0.1) is 18.2 Å². The van der Waals surface area contributed by atoms with Crippen molar-refractivity contribution in [1.29, 1.82) is 0 Å². The molecule has 0 unspecified atom stereocenters. The first-order valence-electron chi connectivity index (χ1n) is 11.9. The zero-order valence-electron chi connectivity index (χ0n) is 19.8. The molecule has 1 aromatic heterocycles. The third kappa shape index (κ3) is 5.62. The first-order chi connectivity index (χ1) is 16.3. The van der Waals surface area contributed by atoms with Crippen molar-refractivity contribution in [2.45, 2.75) is 63.9 Å². The number of rotatable bonds is 7. The fraction of sp³-hybridized carbons (Fsp3) is 0.500. The van der Waals surface area contributed by atoms with E-state index in [0.29, 0.717) is 30.0 Å². The lowest BCUT2D eigenvalue weighted by Gasteiger charge is -2.48. The number of halogens is 1. The molecule has 8 heteroatoms. The van der Waals surface area contributed by atoms with Crippen LogP contribution in [0.2, 0.25) is 0 Å². The summed E-state index contributed by atoms with van der Waals surface area (Å²) >= 11 is 0. The average molecular weight is 469 g/mol. The van der Waals surface area contributed by atoms with E-state index >= 15 is 0 Å². The molecule has 4 rings (SSSR count). The Hall–Kier alpha value is -2.84. The van der Waals surface area contributed by atoms with Crippen molar-refractivity contribution in [2.24, 2.45) is 0 Å². The van der Waals surface area contributed by atoms with Crippen LogP contribution < -0.4 is 10.6 Å². The zero-order chi connectivity index (χ0) is 24.3. The molecule has 0 bridgehead atoms. The van der Waals surface area contributed by atoms with Gasteiger partial charge in [0, 0.05) is 42.1 Å². The summed E-state index contributed by atoms with van der Waals surface area (Å²) < 4.78 is 12.9. The Kier molecular flexibility index (Phi) is 7.28. The van der Waals surface area contributed by atoms with E-state index in [2.05, 4.69) is 20.5 Å². The number of likely N-dealkylation sites (tertiary alicyclic amines) is 1. The molecule has 0 radical (unpaired) electrons. The van der Waals surface area contributed by atoms with Gasteiger partial charge >= 0.3 is 0 Å². The molecule has 182 valence electrons. The van der Waals surface area contributed by atoms with Gasteiger partial charge in [-0.15, -0.1) is 0 Å². The number of carbonyl (C=O) groups is 2. The summed E-state index contributed by atoms with van der Waals surface area (Å²) in [4.78, 5) is 31.3. The van der Waals surface area contributed by atoms with Crippen molar-refractivity contribution in [1.82, 2.24) is 20.5 Å². The average Bonchev–Trinajstić information content (AvgIpc) is 2.80. The van der Waals surface area contributed by atoms with E-state index in [0.717, 1.165) is 42.8 Å². The first-order valence-corrected chi connectivity index (χ1v) is 11.9. The molecule has 1 saturated heterocycles. The van der Waals surface area contributed by atoms with Gasteiger partial charge in [0.2, 0.25) is 5.91 Å². The van der Waals surface area contributed by atoms with E-state index in [4.69, 9.17) is 0 Å². The van der Waals surface area contributed by atoms with Gasteiger partial charge in [-0.3, -0.25) is 19.5 Å². The largest absolute Gasteiger partial charge is 0.385 e. The molecule has 1 aliphatic heterocycles. The fourth-order valence-corrected chi connectivity index (χ4v) is 4.99. The van der Waals surface area contributed by atoms with Gasteiger partial charge in [-0.1, -0.05) is 12.1 Å². The van der Waals surface area contributed by atoms with Gasteiger partial charge in [-0.25, -0.2) is 4.39 Å². The van der Waals surface area contributed by atoms with E-state index in [1.807, 2.05) is 19.1 Å². The Balaban J connectivity index is 1.18. The van der Waals surface area contributed by atoms with Gasteiger partial charge in [0.25, 0.3) is 5.91 Å². The summed E-state index contributed by atoms with van der Waals surface area (Å²) in [5, 5.41) is 16.6. The maximum Gasteiger partial charge on any atom is 0.251 e. The summed E-state index contributed by atoms with van der Waals surface area (Å²) in [6, 6.07) is 9.24. The second-order valence-corrected chi connectivity index (χ2v) is 9.69. The van der Waals surface area contributed by atoms with Crippen LogP contribution in [0.15, 0.2) is 36.5 Å². The number of benzene rings is 1. The molecule has 0 spiro atoms. The minimum atomic E-state index is -0.809. The molecule has 2 heterocycles. The van der Waals surface area contributed by atoms with Crippen molar-refractivity contribution in [2.75, 3.05) is 19.6 Å². The number of pyridine rings is 1. The predicted molar refractivity (Wildman–Crippen MR) is 127 cm³/mol. The Bertz CT molecular complexity index is 1030. The quantitative estimate of drug-likeness (QED) is 0.581. The molecule has 2 aliphatic rings. The fourth-order valence-electron chi connectivity index (χ4n) is 4.99. The number of hydrogen-bond donors (Lipinski definition) is 3. The Morgan fingerprint density at radius 2 is 1.91 bits per heavy atom. The Morgan fingerprint density at radius 3 is 2.56 bits per heavy atom. The molecule has 3 N–H and O–H groups in total. The van der Waals surface area contributed by atoms with Crippen LogP contribution in [0, 0.1) is 13.8 Å². The van der Waals surface area contributed by atoms with Crippen LogP contribution in [-0.2, 0) is 17.1 Å². The second-order valence-electron chi connectivity index (χ2n) is 9.69. The molecule has 1 aliphatic carbocycles. The van der Waals surface area contributed by atoms with Crippen molar-refractivity contribution in [3.05, 3.63) is 64.5 Å². The molecule has 1 saturated carbocycles. The summed E-state index contributed by atoms with van der Waals surface area (Å²) in [6.07, 6.45) is 4.98. The number of nitrogens with one attached hydrogen (secondary N) is 2. The summed E-state index contributed by atoms with van der Waals surface area (Å²) in [7, 11) is 0. The van der Waals surface area contributed by atoms with Crippen LogP contribution >= 0.6 is 0 Å². The van der Waals surface area contributed by atoms with Gasteiger partial charge < -0.3 is 15.7 Å². The lowest BCUT2D eigenvalue weighted by molar-refractivity contribution is -0.122. The van der Waals surface area contributed by atoms with Gasteiger partial charge in [0.1, 0.15) is 6.67 Å². The van der Waals surface area contributed by atoms with Crippen LogP contribution in [-0.4, -0.2) is 58.5 Å². The van der Waals surface area contributed by atoms with E-state index in [1.54, 1.807) is 25.3 Å². The normalized spacial score (nSPS) is 23.2. The lowest BCUT2D eigenvalue weighted by Crippen LogP contribution is -2.63. The molecular weight excluding hydrogens is 435 g/mol. The maximum atomic E-state index is 12.9. The third-order valence-electron chi connectivity index (χ3n) is 6.99. The number of aromatic nitrogens is 1. The lowest BCUT2D eigenvalue weighted by atomic mass is 9.77. The van der Waals surface area contributed by atoms with E-state index in [1.165, 1.54) is 6.07 Å². The SMILES string of the molecule is Cc1cc(CF)cc(C(=O)NCC(=O)NC2CN(C3CCC(O)(c4ccc(C)nc4)CC3)C2)c1. The summed E-state index contributed by atoms with van der Waals surface area (Å²) in [5.41, 5.74) is 2.62. The smallest absolute Gasteiger partial charge is 0.251 e. The number of aryl methyl sites for hydroxylation is 2. The van der Waals surface area contributed by atoms with Gasteiger partial charge in [0.15, 0.2) is 0 Å². The third-order valence-corrected chi connectivity index (χ3v) is 6.99. The highest BCUT2D eigenvalue weighted by atomic mass is 19.1. The number of hydrogen-bond acceptors (Lipinski definition) is 5. The highest BCUT2D eigenvalue weighted by molar-refractivity contribution is 5.96. The Labute approximate surface area is 199 Å². The molecule has 2 aromatic rings. The molecule has 2 fully saturated rings. The number of alkyl halides is 1. The van der Waals surface area contributed by atoms with Gasteiger partial charge in [-0.05, 0) is 68.9 Å². The van der Waals surface area contributed by atoms with Gasteiger partial charge in [-0.2, -0.15) is 0 Å². The minimum Gasteiger partial charge on any atom is -0.385 e. The standard InChI is InChI=1S/C26H33FN4O3/c1-17-9-19(12-27)11-20(10-17)25(33)29-14-24(32)30-22-15-31(16-22)23-5-7-26(34,8-6-23)21-4-3-18(2)28-13-21/h3-4,9-11,13,22-23,34H,5-8,12,14-16H2,1-2H3,(H,29,33)(H,30,32). The number of aliphatic hydroxyl groups is 1. The van der Waals surface area contributed by atoms with E-state index < -0.39 is 12.3 Å². The van der Waals surface area contributed by atoms with E-state index in [-0.39, 0.29) is 24.4 Å². The molecule has 2 amide bonds. The summed E-state index contributed by atoms with van der Waals surface area (Å²) in [6.45, 7) is 4.53. The molecule has 34 heavy (non-hydrogen) atoms. The minimum absolute atomic E-state index is 0.0589. The number of carbonyl (C=O) groups excluding carboxylic acids is 2. The summed E-state index contributed by atoms with van der Waals surface area (Å²) in [5.74, 6) is -0.622. The maximum absolute atomic E-state index is 12.9. The molecule has 1 aromatic carbocycles. The van der Waals surface area contributed by atoms with E-state index in [9.17, 15) is 19.1 Å². The topological polar surface area (TPSA) is 94.6 Å². The zero-order valence-corrected chi connectivity index (χ0v) is 19.8. The highest BCUT2D eigenvalue weighted by Crippen LogP contribution is 2.39. The van der Waals surface area contributed by atoms with Crippen LogP contribution in [0.25, 0.3) is 0 Å². The van der Waals surface area contributed by atoms with Crippen molar-refractivity contribution in [3.63, 3.8) is 0 Å². The second kappa shape index (κ2) is 10.2. The highest BCUT2D eigenvalue weighted by Gasteiger charge is 2.40. The first kappa shape index (κ1) is 24.3. The monoisotopic (exact) mass is 468 g/mol. The van der Waals surface area contributed by atoms with Crippen LogP contribution in [0.5, 0.6) is 0 Å². The molecule has 0 atom stereocenters. The Morgan fingerprint density at radius 1 is 1.18 bits per heavy atom. The van der Waals surface area contributed by atoms with Crippen LogP contribution in [0.3, 0.4) is 0 Å². The van der Waals surface area contributed by atoms with Crippen molar-refractivity contribution >= 4 is 11.8 Å². The molecular formula is C26H33FN4O3. The number of amides is 2. The van der Waals surface area contributed by atoms with Crippen LogP contribution in [0.4, 0.5) is 4.39 Å². The van der Waals surface area contributed by atoms with Crippen LogP contribution in [0.1, 0.15) is 58.4 Å². The van der Waals surface area contributed by atoms with Crippen molar-refractivity contribution in [3.8, 4) is 0 Å². The predicted octanol–water partition coefficient (Wildman–Crippen LogP) is 2.53. The number of nitrogens with zero attached hydrogens (tertiary/aromatic N) is 2.